The molecule has 0 spiro atoms. The van der Waals surface area contributed by atoms with Crippen LogP contribution in [-0.4, -0.2) is 45.2 Å². The number of ether oxygens (including phenoxy) is 2. The molecule has 0 aliphatic rings. The molecule has 5 heteroatoms. The SMILES string of the molecule is CCCOc1ccccc1/C=C/C(=O)NCC(c1ccc(OC)cc1)N(C)C. The summed E-state index contributed by atoms with van der Waals surface area (Å²) in [6, 6.07) is 15.7. The molecule has 1 amide bonds. The van der Waals surface area contributed by atoms with Gasteiger partial charge in [0.15, 0.2) is 0 Å². The number of likely N-dealkylation sites (N-methyl/N-ethyl adjacent to an activating group) is 1. The van der Waals surface area contributed by atoms with E-state index in [1.807, 2.05) is 62.6 Å². The van der Waals surface area contributed by atoms with Gasteiger partial charge in [-0.25, -0.2) is 0 Å². The maximum absolute atomic E-state index is 12.3. The Morgan fingerprint density at radius 3 is 2.50 bits per heavy atom. The highest BCUT2D eigenvalue weighted by atomic mass is 16.5. The Balaban J connectivity index is 1.98. The van der Waals surface area contributed by atoms with Gasteiger partial charge in [0.05, 0.1) is 19.8 Å². The summed E-state index contributed by atoms with van der Waals surface area (Å²) < 4.78 is 10.9. The third-order valence-corrected chi connectivity index (χ3v) is 4.39. The second-order valence-electron chi connectivity index (χ2n) is 6.72. The highest BCUT2D eigenvalue weighted by molar-refractivity contribution is 5.92. The van der Waals surface area contributed by atoms with E-state index in [-0.39, 0.29) is 11.9 Å². The Labute approximate surface area is 168 Å². The van der Waals surface area contributed by atoms with E-state index in [4.69, 9.17) is 9.47 Å². The summed E-state index contributed by atoms with van der Waals surface area (Å²) in [5.74, 6) is 1.47. The lowest BCUT2D eigenvalue weighted by atomic mass is 10.1. The van der Waals surface area contributed by atoms with Crippen LogP contribution in [0.3, 0.4) is 0 Å². The zero-order valence-electron chi connectivity index (χ0n) is 17.1. The number of hydrogen-bond acceptors (Lipinski definition) is 4. The standard InChI is InChI=1S/C23H30N2O3/c1-5-16-28-22-9-7-6-8-19(22)12-15-23(26)24-17-21(25(2)3)18-10-13-20(27-4)14-11-18/h6-15,21H,5,16-17H2,1-4H3,(H,24,26)/b15-12+. The molecule has 0 heterocycles. The minimum Gasteiger partial charge on any atom is -0.497 e. The predicted octanol–water partition coefficient (Wildman–Crippen LogP) is 3.92. The van der Waals surface area contributed by atoms with Crippen LogP contribution in [0, 0.1) is 0 Å². The fraction of sp³-hybridized carbons (Fsp3) is 0.348. The predicted molar refractivity (Wildman–Crippen MR) is 114 cm³/mol. The van der Waals surface area contributed by atoms with E-state index in [1.54, 1.807) is 19.3 Å². The quantitative estimate of drug-likeness (QED) is 0.633. The minimum atomic E-state index is -0.134. The summed E-state index contributed by atoms with van der Waals surface area (Å²) in [7, 11) is 5.65. The summed E-state index contributed by atoms with van der Waals surface area (Å²) in [4.78, 5) is 14.4. The third kappa shape index (κ3) is 6.43. The number of carbonyl (C=O) groups excluding carboxylic acids is 1. The van der Waals surface area contributed by atoms with E-state index in [0.717, 1.165) is 29.0 Å². The van der Waals surface area contributed by atoms with Crippen LogP contribution in [0.2, 0.25) is 0 Å². The number of carbonyl (C=O) groups is 1. The van der Waals surface area contributed by atoms with E-state index in [1.165, 1.54) is 0 Å². The molecule has 0 radical (unpaired) electrons. The van der Waals surface area contributed by atoms with Crippen molar-refractivity contribution >= 4 is 12.0 Å². The molecule has 2 aromatic rings. The van der Waals surface area contributed by atoms with Gasteiger partial charge in [0, 0.05) is 18.2 Å². The van der Waals surface area contributed by atoms with Crippen LogP contribution in [0.5, 0.6) is 11.5 Å². The van der Waals surface area contributed by atoms with Crippen LogP contribution in [0.15, 0.2) is 54.6 Å². The Morgan fingerprint density at radius 2 is 1.86 bits per heavy atom. The average Bonchev–Trinajstić information content (AvgIpc) is 2.71. The molecule has 1 unspecified atom stereocenters. The highest BCUT2D eigenvalue weighted by Crippen LogP contribution is 2.21. The molecule has 1 atom stereocenters. The van der Waals surface area contributed by atoms with E-state index in [9.17, 15) is 4.79 Å². The normalized spacial score (nSPS) is 12.2. The molecule has 5 nitrogen and oxygen atoms in total. The number of rotatable bonds is 10. The van der Waals surface area contributed by atoms with Gasteiger partial charge < -0.3 is 19.7 Å². The first-order valence-corrected chi connectivity index (χ1v) is 9.53. The average molecular weight is 383 g/mol. The van der Waals surface area contributed by atoms with Crippen molar-refractivity contribution < 1.29 is 14.3 Å². The molecule has 1 N–H and O–H groups in total. The number of nitrogens with one attached hydrogen (secondary N) is 1. The van der Waals surface area contributed by atoms with Crippen molar-refractivity contribution in [3.05, 3.63) is 65.7 Å². The van der Waals surface area contributed by atoms with Gasteiger partial charge in [-0.3, -0.25) is 4.79 Å². The molecule has 0 bridgehead atoms. The monoisotopic (exact) mass is 382 g/mol. The molecule has 2 aromatic carbocycles. The van der Waals surface area contributed by atoms with Crippen molar-refractivity contribution in [2.24, 2.45) is 0 Å². The van der Waals surface area contributed by atoms with Gasteiger partial charge in [0.25, 0.3) is 0 Å². The van der Waals surface area contributed by atoms with Gasteiger partial charge in [-0.15, -0.1) is 0 Å². The number of methoxy groups -OCH3 is 1. The topological polar surface area (TPSA) is 50.8 Å². The van der Waals surface area contributed by atoms with Crippen LogP contribution < -0.4 is 14.8 Å². The van der Waals surface area contributed by atoms with Crippen LogP contribution in [0.25, 0.3) is 6.08 Å². The molecule has 0 saturated carbocycles. The Morgan fingerprint density at radius 1 is 1.14 bits per heavy atom. The number of amides is 1. The Bertz CT molecular complexity index is 770. The molecule has 150 valence electrons. The van der Waals surface area contributed by atoms with Crippen LogP contribution in [0.1, 0.15) is 30.5 Å². The lowest BCUT2D eigenvalue weighted by molar-refractivity contribution is -0.116. The lowest BCUT2D eigenvalue weighted by Gasteiger charge is -2.25. The van der Waals surface area contributed by atoms with Crippen molar-refractivity contribution in [1.29, 1.82) is 0 Å². The second-order valence-corrected chi connectivity index (χ2v) is 6.72. The molecule has 0 fully saturated rings. The van der Waals surface area contributed by atoms with Gasteiger partial charge in [0.1, 0.15) is 11.5 Å². The van der Waals surface area contributed by atoms with E-state index in [0.29, 0.717) is 13.2 Å². The summed E-state index contributed by atoms with van der Waals surface area (Å²) in [6.07, 6.45) is 4.28. The molecule has 0 saturated heterocycles. The fourth-order valence-electron chi connectivity index (χ4n) is 2.81. The number of hydrogen-bond donors (Lipinski definition) is 1. The molecule has 0 aliphatic carbocycles. The molecular weight excluding hydrogens is 352 g/mol. The van der Waals surface area contributed by atoms with Crippen molar-refractivity contribution in [2.45, 2.75) is 19.4 Å². The van der Waals surface area contributed by atoms with Crippen molar-refractivity contribution in [3.63, 3.8) is 0 Å². The Kier molecular flexibility index (Phi) is 8.56. The number of para-hydroxylation sites is 1. The van der Waals surface area contributed by atoms with E-state index < -0.39 is 0 Å². The molecular formula is C23H30N2O3. The lowest BCUT2D eigenvalue weighted by Crippen LogP contribution is -2.33. The zero-order valence-corrected chi connectivity index (χ0v) is 17.1. The summed E-state index contributed by atoms with van der Waals surface area (Å²) in [5, 5.41) is 2.98. The first-order chi connectivity index (χ1) is 13.5. The van der Waals surface area contributed by atoms with E-state index >= 15 is 0 Å². The molecule has 2 rings (SSSR count). The maximum Gasteiger partial charge on any atom is 0.244 e. The second kappa shape index (κ2) is 11.1. The highest BCUT2D eigenvalue weighted by Gasteiger charge is 2.14. The van der Waals surface area contributed by atoms with E-state index in [2.05, 4.69) is 17.1 Å². The largest absolute Gasteiger partial charge is 0.497 e. The maximum atomic E-state index is 12.3. The summed E-state index contributed by atoms with van der Waals surface area (Å²) in [5.41, 5.74) is 2.01. The smallest absolute Gasteiger partial charge is 0.244 e. The third-order valence-electron chi connectivity index (χ3n) is 4.39. The fourth-order valence-corrected chi connectivity index (χ4v) is 2.81. The summed E-state index contributed by atoms with van der Waals surface area (Å²) in [6.45, 7) is 3.23. The minimum absolute atomic E-state index is 0.0726. The van der Waals surface area contributed by atoms with Crippen molar-refractivity contribution in [3.8, 4) is 11.5 Å². The number of nitrogens with zero attached hydrogens (tertiary/aromatic N) is 1. The molecule has 28 heavy (non-hydrogen) atoms. The van der Waals surface area contributed by atoms with Crippen LogP contribution >= 0.6 is 0 Å². The van der Waals surface area contributed by atoms with Gasteiger partial charge in [-0.1, -0.05) is 37.3 Å². The van der Waals surface area contributed by atoms with Crippen molar-refractivity contribution in [1.82, 2.24) is 10.2 Å². The Hall–Kier alpha value is -2.79. The first kappa shape index (κ1) is 21.5. The van der Waals surface area contributed by atoms with Crippen molar-refractivity contribution in [2.75, 3.05) is 34.4 Å². The molecule has 0 aromatic heterocycles. The van der Waals surface area contributed by atoms with Gasteiger partial charge >= 0.3 is 0 Å². The summed E-state index contributed by atoms with van der Waals surface area (Å²) >= 11 is 0. The number of benzene rings is 2. The zero-order chi connectivity index (χ0) is 20.4. The van der Waals surface area contributed by atoms with Gasteiger partial charge in [-0.2, -0.15) is 0 Å². The van der Waals surface area contributed by atoms with Crippen LogP contribution in [0.4, 0.5) is 0 Å². The van der Waals surface area contributed by atoms with Crippen LogP contribution in [-0.2, 0) is 4.79 Å². The van der Waals surface area contributed by atoms with Gasteiger partial charge in [-0.05, 0) is 50.4 Å². The van der Waals surface area contributed by atoms with Gasteiger partial charge in [0.2, 0.25) is 5.91 Å². The molecule has 0 aliphatic heterocycles. The first-order valence-electron chi connectivity index (χ1n) is 9.53.